The third-order valence-corrected chi connectivity index (χ3v) is 3.33. The summed E-state index contributed by atoms with van der Waals surface area (Å²) < 4.78 is 12.8. The van der Waals surface area contributed by atoms with Gasteiger partial charge in [-0.05, 0) is 43.0 Å². The smallest absolute Gasteiger partial charge is 0.124 e. The number of nitrogens with one attached hydrogen (secondary N) is 1. The first-order valence-corrected chi connectivity index (χ1v) is 5.85. The zero-order chi connectivity index (χ0) is 11.5. The maximum absolute atomic E-state index is 12.8. The Bertz CT molecular complexity index is 366. The summed E-state index contributed by atoms with van der Waals surface area (Å²) in [5.41, 5.74) is 0.905. The van der Waals surface area contributed by atoms with Crippen LogP contribution in [-0.2, 0) is 6.54 Å². The van der Waals surface area contributed by atoms with Crippen LogP contribution < -0.4 is 5.32 Å². The average Bonchev–Trinajstić information content (AvgIpc) is 2.18. The van der Waals surface area contributed by atoms with E-state index >= 15 is 0 Å². The number of hydrogen-bond donors (Lipinski definition) is 2. The largest absolute Gasteiger partial charge is 0.393 e. The molecule has 4 heteroatoms. The van der Waals surface area contributed by atoms with Crippen LogP contribution in [0.4, 0.5) is 4.39 Å². The Hall–Kier alpha value is -0.640. The van der Waals surface area contributed by atoms with Crippen LogP contribution in [0, 0.1) is 11.7 Å². The molecule has 0 bridgehead atoms. The molecule has 1 saturated carbocycles. The van der Waals surface area contributed by atoms with E-state index in [1.807, 2.05) is 0 Å². The topological polar surface area (TPSA) is 32.3 Å². The molecule has 88 valence electrons. The quantitative estimate of drug-likeness (QED) is 0.851. The zero-order valence-corrected chi connectivity index (χ0v) is 9.67. The Morgan fingerprint density at radius 2 is 2.19 bits per heavy atom. The van der Waals surface area contributed by atoms with Crippen molar-refractivity contribution in [1.29, 1.82) is 0 Å². The molecule has 0 unspecified atom stereocenters. The Kier molecular flexibility index (Phi) is 3.79. The van der Waals surface area contributed by atoms with Crippen LogP contribution in [0.25, 0.3) is 0 Å². The molecule has 2 rings (SSSR count). The average molecular weight is 244 g/mol. The van der Waals surface area contributed by atoms with E-state index < -0.39 is 0 Å². The van der Waals surface area contributed by atoms with Crippen molar-refractivity contribution in [2.24, 2.45) is 5.92 Å². The second-order valence-corrected chi connectivity index (χ2v) is 4.77. The molecule has 0 aromatic heterocycles. The molecular weight excluding hydrogens is 229 g/mol. The molecule has 2 N–H and O–H groups in total. The molecule has 1 aromatic carbocycles. The van der Waals surface area contributed by atoms with E-state index in [2.05, 4.69) is 5.32 Å². The standard InChI is InChI=1S/C12H15ClFNO/c13-12-5-10(14)2-1-9(12)7-15-6-8-3-11(16)4-8/h1-2,5,8,11,15-16H,3-4,6-7H2. The van der Waals surface area contributed by atoms with Crippen LogP contribution in [-0.4, -0.2) is 17.8 Å². The van der Waals surface area contributed by atoms with Crippen LogP contribution in [0.5, 0.6) is 0 Å². The van der Waals surface area contributed by atoms with Crippen molar-refractivity contribution in [2.75, 3.05) is 6.54 Å². The van der Waals surface area contributed by atoms with E-state index in [0.29, 0.717) is 17.5 Å². The number of benzene rings is 1. The number of aliphatic hydroxyl groups excluding tert-OH is 1. The van der Waals surface area contributed by atoms with E-state index in [4.69, 9.17) is 16.7 Å². The fraction of sp³-hybridized carbons (Fsp3) is 0.500. The lowest BCUT2D eigenvalue weighted by Crippen LogP contribution is -2.35. The highest BCUT2D eigenvalue weighted by atomic mass is 35.5. The van der Waals surface area contributed by atoms with Crippen LogP contribution in [0.1, 0.15) is 18.4 Å². The minimum atomic E-state index is -0.309. The van der Waals surface area contributed by atoms with Gasteiger partial charge in [0.05, 0.1) is 6.10 Å². The lowest BCUT2D eigenvalue weighted by atomic mass is 9.82. The summed E-state index contributed by atoms with van der Waals surface area (Å²) in [4.78, 5) is 0. The molecule has 0 saturated heterocycles. The molecule has 1 aliphatic rings. The minimum Gasteiger partial charge on any atom is -0.393 e. The SMILES string of the molecule is OC1CC(CNCc2ccc(F)cc2Cl)C1. The highest BCUT2D eigenvalue weighted by Crippen LogP contribution is 2.26. The molecule has 1 aromatic rings. The van der Waals surface area contributed by atoms with Crippen molar-refractivity contribution in [2.45, 2.75) is 25.5 Å². The number of rotatable bonds is 4. The van der Waals surface area contributed by atoms with E-state index in [1.54, 1.807) is 6.07 Å². The van der Waals surface area contributed by atoms with Gasteiger partial charge < -0.3 is 10.4 Å². The normalized spacial score (nSPS) is 24.2. The Labute approximate surface area is 99.4 Å². The molecule has 0 aliphatic heterocycles. The van der Waals surface area contributed by atoms with Gasteiger partial charge in [0.1, 0.15) is 5.82 Å². The third-order valence-electron chi connectivity index (χ3n) is 2.97. The van der Waals surface area contributed by atoms with Crippen molar-refractivity contribution in [1.82, 2.24) is 5.32 Å². The summed E-state index contributed by atoms with van der Waals surface area (Å²) in [6.45, 7) is 1.52. The van der Waals surface area contributed by atoms with Gasteiger partial charge in [0, 0.05) is 11.6 Å². The maximum Gasteiger partial charge on any atom is 0.124 e. The molecule has 0 heterocycles. The first-order valence-electron chi connectivity index (χ1n) is 5.48. The van der Waals surface area contributed by atoms with Crippen LogP contribution in [0.2, 0.25) is 5.02 Å². The van der Waals surface area contributed by atoms with E-state index in [1.165, 1.54) is 12.1 Å². The monoisotopic (exact) mass is 243 g/mol. The summed E-state index contributed by atoms with van der Waals surface area (Å²) in [7, 11) is 0. The number of hydrogen-bond acceptors (Lipinski definition) is 2. The molecule has 0 radical (unpaired) electrons. The van der Waals surface area contributed by atoms with Crippen LogP contribution in [0.15, 0.2) is 18.2 Å². The molecule has 0 atom stereocenters. The third kappa shape index (κ3) is 2.94. The second kappa shape index (κ2) is 5.13. The summed E-state index contributed by atoms with van der Waals surface area (Å²) >= 11 is 5.90. The summed E-state index contributed by atoms with van der Waals surface area (Å²) in [5.74, 6) is 0.255. The van der Waals surface area contributed by atoms with Crippen molar-refractivity contribution < 1.29 is 9.50 Å². The van der Waals surface area contributed by atoms with Crippen molar-refractivity contribution in [3.8, 4) is 0 Å². The van der Waals surface area contributed by atoms with Crippen LogP contribution >= 0.6 is 11.6 Å². The molecule has 1 aliphatic carbocycles. The minimum absolute atomic E-state index is 0.110. The number of halogens is 2. The van der Waals surface area contributed by atoms with E-state index in [9.17, 15) is 4.39 Å². The fourth-order valence-corrected chi connectivity index (χ4v) is 2.18. The van der Waals surface area contributed by atoms with Crippen molar-refractivity contribution in [3.05, 3.63) is 34.6 Å². The lowest BCUT2D eigenvalue weighted by molar-refractivity contribution is 0.0430. The summed E-state index contributed by atoms with van der Waals surface area (Å²) in [6.07, 6.45) is 1.65. The first-order chi connectivity index (χ1) is 7.65. The predicted octanol–water partition coefficient (Wildman–Crippen LogP) is 2.34. The number of aliphatic hydroxyl groups is 1. The molecule has 1 fully saturated rings. The van der Waals surface area contributed by atoms with E-state index in [0.717, 1.165) is 24.9 Å². The van der Waals surface area contributed by atoms with Crippen molar-refractivity contribution >= 4 is 11.6 Å². The van der Waals surface area contributed by atoms with Gasteiger partial charge in [0.15, 0.2) is 0 Å². The van der Waals surface area contributed by atoms with Gasteiger partial charge in [0.25, 0.3) is 0 Å². The zero-order valence-electron chi connectivity index (χ0n) is 8.92. The predicted molar refractivity (Wildman–Crippen MR) is 61.8 cm³/mol. The summed E-state index contributed by atoms with van der Waals surface area (Å²) in [6, 6.07) is 4.43. The van der Waals surface area contributed by atoms with Gasteiger partial charge in [-0.2, -0.15) is 0 Å². The van der Waals surface area contributed by atoms with Gasteiger partial charge >= 0.3 is 0 Å². The van der Waals surface area contributed by atoms with Gasteiger partial charge in [-0.15, -0.1) is 0 Å². The molecule has 0 amide bonds. The highest BCUT2D eigenvalue weighted by Gasteiger charge is 2.26. The molecule has 0 spiro atoms. The molecular formula is C12H15ClFNO. The fourth-order valence-electron chi connectivity index (χ4n) is 1.94. The second-order valence-electron chi connectivity index (χ2n) is 4.36. The van der Waals surface area contributed by atoms with Crippen LogP contribution in [0.3, 0.4) is 0 Å². The Morgan fingerprint density at radius 1 is 1.44 bits per heavy atom. The summed E-state index contributed by atoms with van der Waals surface area (Å²) in [5, 5.41) is 12.8. The Balaban J connectivity index is 1.76. The highest BCUT2D eigenvalue weighted by molar-refractivity contribution is 6.31. The maximum atomic E-state index is 12.8. The lowest BCUT2D eigenvalue weighted by Gasteiger charge is -2.31. The van der Waals surface area contributed by atoms with Crippen molar-refractivity contribution in [3.63, 3.8) is 0 Å². The molecule has 16 heavy (non-hydrogen) atoms. The van der Waals surface area contributed by atoms with Gasteiger partial charge in [-0.1, -0.05) is 17.7 Å². The van der Waals surface area contributed by atoms with Gasteiger partial charge in [-0.3, -0.25) is 0 Å². The van der Waals surface area contributed by atoms with Gasteiger partial charge in [-0.25, -0.2) is 4.39 Å². The molecule has 2 nitrogen and oxygen atoms in total. The van der Waals surface area contributed by atoms with E-state index in [-0.39, 0.29) is 11.9 Å². The Morgan fingerprint density at radius 3 is 2.81 bits per heavy atom. The first kappa shape index (κ1) is 11.8. The van der Waals surface area contributed by atoms with Gasteiger partial charge in [0.2, 0.25) is 0 Å².